The average Bonchev–Trinajstić information content (AvgIpc) is 2.89. The zero-order valence-corrected chi connectivity index (χ0v) is 14.6. The molecule has 2 heterocycles. The van der Waals surface area contributed by atoms with Gasteiger partial charge in [0.25, 0.3) is 0 Å². The average molecular weight is 342 g/mol. The van der Waals surface area contributed by atoms with Gasteiger partial charge in [0.2, 0.25) is 0 Å². The van der Waals surface area contributed by atoms with Crippen LogP contribution >= 0.6 is 23.1 Å². The van der Waals surface area contributed by atoms with Crippen molar-refractivity contribution >= 4 is 44.4 Å². The standard InChI is InChI=1S/C14H23N5OS2/c1-3-5-6-7-21-14-18-11(16-9(4-2)8-20)10-12(19-14)17-13(15)22-10/h9,20H,3-8H2,1-2H3,(H3,15,16,17,18,19). The Balaban J connectivity index is 2.22. The summed E-state index contributed by atoms with van der Waals surface area (Å²) in [7, 11) is 0. The fraction of sp³-hybridized carbons (Fsp3) is 0.643. The van der Waals surface area contributed by atoms with Crippen LogP contribution in [0.25, 0.3) is 10.3 Å². The third-order valence-electron chi connectivity index (χ3n) is 3.28. The van der Waals surface area contributed by atoms with E-state index >= 15 is 0 Å². The molecule has 0 radical (unpaired) electrons. The van der Waals surface area contributed by atoms with Gasteiger partial charge in [0, 0.05) is 5.75 Å². The van der Waals surface area contributed by atoms with E-state index in [4.69, 9.17) is 5.73 Å². The van der Waals surface area contributed by atoms with E-state index in [1.807, 2.05) is 6.92 Å². The van der Waals surface area contributed by atoms with Crippen molar-refractivity contribution in [2.45, 2.75) is 50.7 Å². The number of rotatable bonds is 9. The number of aromatic nitrogens is 3. The second kappa shape index (κ2) is 8.50. The molecule has 2 rings (SSSR count). The number of thiazole rings is 1. The lowest BCUT2D eigenvalue weighted by Crippen LogP contribution is -2.23. The van der Waals surface area contributed by atoms with E-state index in [0.29, 0.717) is 15.9 Å². The van der Waals surface area contributed by atoms with Crippen LogP contribution in [0.3, 0.4) is 0 Å². The van der Waals surface area contributed by atoms with Gasteiger partial charge in [-0.25, -0.2) is 15.0 Å². The van der Waals surface area contributed by atoms with Crippen LogP contribution in [-0.2, 0) is 0 Å². The normalized spacial score (nSPS) is 12.7. The molecule has 0 aliphatic heterocycles. The number of fused-ring (bicyclic) bond motifs is 1. The second-order valence-corrected chi connectivity index (χ2v) is 7.14. The minimum Gasteiger partial charge on any atom is -0.394 e. The molecule has 0 saturated heterocycles. The van der Waals surface area contributed by atoms with E-state index in [1.54, 1.807) is 11.8 Å². The zero-order valence-electron chi connectivity index (χ0n) is 13.0. The molecule has 4 N–H and O–H groups in total. The van der Waals surface area contributed by atoms with Gasteiger partial charge in [0.15, 0.2) is 21.8 Å². The number of aliphatic hydroxyl groups is 1. The van der Waals surface area contributed by atoms with Crippen LogP contribution in [0.2, 0.25) is 0 Å². The highest BCUT2D eigenvalue weighted by molar-refractivity contribution is 7.99. The van der Waals surface area contributed by atoms with Gasteiger partial charge < -0.3 is 16.2 Å². The smallest absolute Gasteiger partial charge is 0.191 e. The SMILES string of the molecule is CCCCCSc1nc(NC(CC)CO)c2sc(N)nc2n1. The number of aliphatic hydroxyl groups excluding tert-OH is 1. The molecule has 2 aromatic rings. The second-order valence-electron chi connectivity index (χ2n) is 5.05. The number of thioether (sulfide) groups is 1. The molecule has 0 amide bonds. The van der Waals surface area contributed by atoms with Crippen LogP contribution in [0, 0.1) is 0 Å². The van der Waals surface area contributed by atoms with Crippen molar-refractivity contribution in [3.05, 3.63) is 0 Å². The fourth-order valence-electron chi connectivity index (χ4n) is 1.97. The highest BCUT2D eigenvalue weighted by atomic mass is 32.2. The van der Waals surface area contributed by atoms with Crippen LogP contribution in [0.5, 0.6) is 0 Å². The predicted molar refractivity (Wildman–Crippen MR) is 94.7 cm³/mol. The molecule has 0 fully saturated rings. The van der Waals surface area contributed by atoms with Gasteiger partial charge in [-0.05, 0) is 12.8 Å². The number of nitrogens with one attached hydrogen (secondary N) is 1. The lowest BCUT2D eigenvalue weighted by molar-refractivity contribution is 0.271. The van der Waals surface area contributed by atoms with Crippen molar-refractivity contribution in [1.29, 1.82) is 0 Å². The molecule has 0 saturated carbocycles. The third kappa shape index (κ3) is 4.44. The number of nitrogen functional groups attached to an aromatic ring is 1. The predicted octanol–water partition coefficient (Wildman–Crippen LogP) is 3.13. The van der Waals surface area contributed by atoms with Gasteiger partial charge in [-0.1, -0.05) is 49.8 Å². The van der Waals surface area contributed by atoms with Crippen LogP contribution < -0.4 is 11.1 Å². The number of hydrogen-bond acceptors (Lipinski definition) is 8. The Labute approximate surface area is 139 Å². The van der Waals surface area contributed by atoms with Crippen LogP contribution in [0.15, 0.2) is 5.16 Å². The van der Waals surface area contributed by atoms with Crippen molar-refractivity contribution in [2.24, 2.45) is 0 Å². The monoisotopic (exact) mass is 341 g/mol. The molecule has 1 unspecified atom stereocenters. The summed E-state index contributed by atoms with van der Waals surface area (Å²) in [6.45, 7) is 4.27. The maximum absolute atomic E-state index is 9.39. The van der Waals surface area contributed by atoms with E-state index in [1.165, 1.54) is 24.2 Å². The first-order chi connectivity index (χ1) is 10.7. The summed E-state index contributed by atoms with van der Waals surface area (Å²) in [5, 5.41) is 13.9. The molecular weight excluding hydrogens is 318 g/mol. The number of nitrogens with zero attached hydrogens (tertiary/aromatic N) is 3. The Morgan fingerprint density at radius 2 is 2.09 bits per heavy atom. The Kier molecular flexibility index (Phi) is 6.66. The Hall–Kier alpha value is -1.12. The van der Waals surface area contributed by atoms with E-state index in [-0.39, 0.29) is 12.6 Å². The van der Waals surface area contributed by atoms with Crippen LogP contribution in [0.4, 0.5) is 10.9 Å². The van der Waals surface area contributed by atoms with Crippen molar-refractivity contribution in [2.75, 3.05) is 23.4 Å². The van der Waals surface area contributed by atoms with E-state index < -0.39 is 0 Å². The van der Waals surface area contributed by atoms with Gasteiger partial charge in [-0.15, -0.1) is 0 Å². The van der Waals surface area contributed by atoms with Gasteiger partial charge in [-0.3, -0.25) is 0 Å². The molecular formula is C14H23N5OS2. The van der Waals surface area contributed by atoms with Crippen LogP contribution in [0.1, 0.15) is 39.5 Å². The van der Waals surface area contributed by atoms with Crippen LogP contribution in [-0.4, -0.2) is 38.5 Å². The number of unbranched alkanes of at least 4 members (excludes halogenated alkanes) is 2. The molecule has 6 nitrogen and oxygen atoms in total. The molecule has 2 aromatic heterocycles. The van der Waals surface area contributed by atoms with Crippen molar-refractivity contribution in [3.8, 4) is 0 Å². The third-order valence-corrected chi connectivity index (χ3v) is 5.10. The summed E-state index contributed by atoms with van der Waals surface area (Å²) in [5.41, 5.74) is 6.43. The van der Waals surface area contributed by atoms with Gasteiger partial charge in [0.05, 0.1) is 12.6 Å². The number of anilines is 2. The first-order valence-corrected chi connectivity index (χ1v) is 9.42. The molecule has 122 valence electrons. The summed E-state index contributed by atoms with van der Waals surface area (Å²) >= 11 is 3.01. The Bertz CT molecular complexity index is 600. The first kappa shape index (κ1) is 17.2. The van der Waals surface area contributed by atoms with Crippen molar-refractivity contribution in [3.63, 3.8) is 0 Å². The highest BCUT2D eigenvalue weighted by Gasteiger charge is 2.15. The maximum atomic E-state index is 9.39. The zero-order chi connectivity index (χ0) is 15.9. The van der Waals surface area contributed by atoms with Crippen molar-refractivity contribution in [1.82, 2.24) is 15.0 Å². The number of hydrogen-bond donors (Lipinski definition) is 3. The summed E-state index contributed by atoms with van der Waals surface area (Å²) in [4.78, 5) is 13.3. The molecule has 22 heavy (non-hydrogen) atoms. The van der Waals surface area contributed by atoms with Gasteiger partial charge in [0.1, 0.15) is 4.70 Å². The summed E-state index contributed by atoms with van der Waals surface area (Å²) in [6, 6.07) is -0.0284. The summed E-state index contributed by atoms with van der Waals surface area (Å²) in [5.74, 6) is 1.72. The van der Waals surface area contributed by atoms with E-state index in [9.17, 15) is 5.11 Å². The van der Waals surface area contributed by atoms with Gasteiger partial charge >= 0.3 is 0 Å². The van der Waals surface area contributed by atoms with E-state index in [2.05, 4.69) is 27.2 Å². The molecule has 0 spiro atoms. The topological polar surface area (TPSA) is 97.0 Å². The molecule has 1 atom stereocenters. The molecule has 0 aliphatic carbocycles. The molecule has 0 aromatic carbocycles. The molecule has 0 aliphatic rings. The minimum absolute atomic E-state index is 0.0284. The Morgan fingerprint density at radius 1 is 1.27 bits per heavy atom. The van der Waals surface area contributed by atoms with Gasteiger partial charge in [-0.2, -0.15) is 0 Å². The van der Waals surface area contributed by atoms with Crippen molar-refractivity contribution < 1.29 is 5.11 Å². The molecule has 0 bridgehead atoms. The van der Waals surface area contributed by atoms with E-state index in [0.717, 1.165) is 29.1 Å². The molecule has 8 heteroatoms. The number of nitrogens with two attached hydrogens (primary N) is 1. The fourth-order valence-corrected chi connectivity index (χ4v) is 3.53. The quantitative estimate of drug-likeness (QED) is 0.366. The lowest BCUT2D eigenvalue weighted by atomic mass is 10.2. The highest BCUT2D eigenvalue weighted by Crippen LogP contribution is 2.31. The summed E-state index contributed by atoms with van der Waals surface area (Å²) in [6.07, 6.45) is 4.38. The largest absolute Gasteiger partial charge is 0.394 e. The maximum Gasteiger partial charge on any atom is 0.191 e. The first-order valence-electron chi connectivity index (χ1n) is 7.62. The lowest BCUT2D eigenvalue weighted by Gasteiger charge is -2.15. The summed E-state index contributed by atoms with van der Waals surface area (Å²) < 4.78 is 0.849. The minimum atomic E-state index is -0.0284. The Morgan fingerprint density at radius 3 is 2.77 bits per heavy atom.